The van der Waals surface area contributed by atoms with Crippen molar-refractivity contribution in [1.82, 2.24) is 4.72 Å². The summed E-state index contributed by atoms with van der Waals surface area (Å²) in [6.45, 7) is 8.31. The molecule has 0 aliphatic carbocycles. The minimum atomic E-state index is -3.48. The Balaban J connectivity index is 3.27. The maximum absolute atomic E-state index is 12.2. The number of nitrogens with one attached hydrogen (secondary N) is 1. The minimum Gasteiger partial charge on any atom is -0.370 e. The molecule has 5 nitrogen and oxygen atoms in total. The fourth-order valence-corrected chi connectivity index (χ4v) is 3.14. The Labute approximate surface area is 128 Å². The lowest BCUT2D eigenvalue weighted by Gasteiger charge is -2.34. The quantitative estimate of drug-likeness (QED) is 0.767. The standard InChI is InChI=1S/C15H27N3O2S/c1-5-10-18(12-15(2,3)11-16)13-8-6-7-9-14(13)21(19,20)17-4/h6-9,17H,5,10-12,16H2,1-4H3. The largest absolute Gasteiger partial charge is 0.370 e. The third kappa shape index (κ3) is 4.69. The molecule has 0 atom stereocenters. The van der Waals surface area contributed by atoms with Crippen LogP contribution >= 0.6 is 0 Å². The van der Waals surface area contributed by atoms with Crippen LogP contribution in [0.2, 0.25) is 0 Å². The van der Waals surface area contributed by atoms with Gasteiger partial charge >= 0.3 is 0 Å². The summed E-state index contributed by atoms with van der Waals surface area (Å²) in [7, 11) is -2.05. The molecule has 0 saturated carbocycles. The number of hydrogen-bond donors (Lipinski definition) is 2. The van der Waals surface area contributed by atoms with Gasteiger partial charge in [-0.1, -0.05) is 32.9 Å². The maximum Gasteiger partial charge on any atom is 0.242 e. The summed E-state index contributed by atoms with van der Waals surface area (Å²) in [5.41, 5.74) is 6.48. The van der Waals surface area contributed by atoms with Gasteiger partial charge in [-0.25, -0.2) is 13.1 Å². The molecule has 0 aliphatic heterocycles. The summed E-state index contributed by atoms with van der Waals surface area (Å²) < 4.78 is 26.8. The molecule has 1 rings (SSSR count). The van der Waals surface area contributed by atoms with E-state index in [1.807, 2.05) is 12.1 Å². The highest BCUT2D eigenvalue weighted by atomic mass is 32.2. The fraction of sp³-hybridized carbons (Fsp3) is 0.600. The molecule has 3 N–H and O–H groups in total. The zero-order valence-corrected chi connectivity index (χ0v) is 14.2. The van der Waals surface area contributed by atoms with Gasteiger partial charge in [0.05, 0.1) is 5.69 Å². The van der Waals surface area contributed by atoms with Crippen LogP contribution in [-0.4, -0.2) is 35.1 Å². The Kier molecular flexibility index (Phi) is 6.19. The molecule has 6 heteroatoms. The number of sulfonamides is 1. The van der Waals surface area contributed by atoms with Crippen LogP contribution in [0.15, 0.2) is 29.2 Å². The second-order valence-electron chi connectivity index (χ2n) is 5.97. The van der Waals surface area contributed by atoms with E-state index >= 15 is 0 Å². The highest BCUT2D eigenvalue weighted by Crippen LogP contribution is 2.28. The molecule has 0 unspecified atom stereocenters. The lowest BCUT2D eigenvalue weighted by atomic mass is 9.92. The summed E-state index contributed by atoms with van der Waals surface area (Å²) in [6.07, 6.45) is 0.939. The first-order valence-corrected chi connectivity index (χ1v) is 8.73. The molecule has 1 aromatic carbocycles. The van der Waals surface area contributed by atoms with Crippen LogP contribution < -0.4 is 15.4 Å². The van der Waals surface area contributed by atoms with Crippen molar-refractivity contribution in [1.29, 1.82) is 0 Å². The molecule has 0 fully saturated rings. The predicted octanol–water partition coefficient (Wildman–Crippen LogP) is 1.80. The number of hydrogen-bond acceptors (Lipinski definition) is 4. The first-order chi connectivity index (χ1) is 9.77. The van der Waals surface area contributed by atoms with E-state index in [1.54, 1.807) is 12.1 Å². The normalized spacial score (nSPS) is 12.4. The van der Waals surface area contributed by atoms with E-state index in [9.17, 15) is 8.42 Å². The van der Waals surface area contributed by atoms with Crippen LogP contribution in [0.5, 0.6) is 0 Å². The second kappa shape index (κ2) is 7.24. The molecule has 21 heavy (non-hydrogen) atoms. The Hall–Kier alpha value is -1.11. The number of nitrogens with zero attached hydrogens (tertiary/aromatic N) is 1. The number of benzene rings is 1. The summed E-state index contributed by atoms with van der Waals surface area (Å²) in [5, 5.41) is 0. The highest BCUT2D eigenvalue weighted by Gasteiger charge is 2.24. The Morgan fingerprint density at radius 2 is 1.90 bits per heavy atom. The van der Waals surface area contributed by atoms with Gasteiger partial charge < -0.3 is 10.6 Å². The fourth-order valence-electron chi connectivity index (χ4n) is 2.19. The summed E-state index contributed by atoms with van der Waals surface area (Å²) in [4.78, 5) is 2.42. The van der Waals surface area contributed by atoms with Crippen LogP contribution in [0.25, 0.3) is 0 Å². The van der Waals surface area contributed by atoms with E-state index in [-0.39, 0.29) is 5.41 Å². The highest BCUT2D eigenvalue weighted by molar-refractivity contribution is 7.89. The molecule has 120 valence electrons. The number of rotatable bonds is 8. The Morgan fingerprint density at radius 1 is 1.29 bits per heavy atom. The summed E-state index contributed by atoms with van der Waals surface area (Å²) >= 11 is 0. The molecule has 1 aromatic rings. The van der Waals surface area contributed by atoms with E-state index in [2.05, 4.69) is 30.4 Å². The molecule has 0 saturated heterocycles. The van der Waals surface area contributed by atoms with E-state index in [4.69, 9.17) is 5.73 Å². The zero-order chi connectivity index (χ0) is 16.1. The van der Waals surface area contributed by atoms with Gasteiger partial charge in [0.1, 0.15) is 4.90 Å². The van der Waals surface area contributed by atoms with Crippen LogP contribution in [0, 0.1) is 5.41 Å². The van der Waals surface area contributed by atoms with E-state index < -0.39 is 10.0 Å². The van der Waals surface area contributed by atoms with Gasteiger partial charge in [0.25, 0.3) is 0 Å². The SMILES string of the molecule is CCCN(CC(C)(C)CN)c1ccccc1S(=O)(=O)NC. The monoisotopic (exact) mass is 313 g/mol. The van der Waals surface area contributed by atoms with Crippen molar-refractivity contribution in [3.05, 3.63) is 24.3 Å². The van der Waals surface area contributed by atoms with E-state index in [0.717, 1.165) is 18.7 Å². The van der Waals surface area contributed by atoms with Gasteiger partial charge in [0.15, 0.2) is 0 Å². The smallest absolute Gasteiger partial charge is 0.242 e. The molecule has 0 bridgehead atoms. The van der Waals surface area contributed by atoms with Crippen molar-refractivity contribution >= 4 is 15.7 Å². The van der Waals surface area contributed by atoms with Crippen molar-refractivity contribution in [3.8, 4) is 0 Å². The third-order valence-electron chi connectivity index (χ3n) is 3.43. The first-order valence-electron chi connectivity index (χ1n) is 7.25. The average molecular weight is 313 g/mol. The maximum atomic E-state index is 12.2. The van der Waals surface area contributed by atoms with Crippen molar-refractivity contribution in [2.24, 2.45) is 11.1 Å². The van der Waals surface area contributed by atoms with Crippen LogP contribution in [0.3, 0.4) is 0 Å². The summed E-state index contributed by atoms with van der Waals surface area (Å²) in [5.74, 6) is 0. The zero-order valence-electron chi connectivity index (χ0n) is 13.4. The van der Waals surface area contributed by atoms with Crippen molar-refractivity contribution < 1.29 is 8.42 Å². The van der Waals surface area contributed by atoms with Gasteiger partial charge in [0, 0.05) is 13.1 Å². The van der Waals surface area contributed by atoms with Gasteiger partial charge in [-0.15, -0.1) is 0 Å². The average Bonchev–Trinajstić information content (AvgIpc) is 2.46. The lowest BCUT2D eigenvalue weighted by molar-refractivity contribution is 0.377. The van der Waals surface area contributed by atoms with Gasteiger partial charge in [0.2, 0.25) is 10.0 Å². The molecule has 0 heterocycles. The number of para-hydroxylation sites is 1. The molecule has 0 spiro atoms. The van der Waals surface area contributed by atoms with E-state index in [0.29, 0.717) is 18.0 Å². The van der Waals surface area contributed by atoms with Crippen LogP contribution in [0.1, 0.15) is 27.2 Å². The third-order valence-corrected chi connectivity index (χ3v) is 4.89. The molecule has 0 aliphatic rings. The predicted molar refractivity (Wildman–Crippen MR) is 88.0 cm³/mol. The van der Waals surface area contributed by atoms with Gasteiger partial charge in [-0.3, -0.25) is 0 Å². The Bertz CT molecular complexity index is 556. The van der Waals surface area contributed by atoms with Crippen molar-refractivity contribution in [3.63, 3.8) is 0 Å². The Morgan fingerprint density at radius 3 is 2.43 bits per heavy atom. The topological polar surface area (TPSA) is 75.4 Å². The molecule has 0 amide bonds. The summed E-state index contributed by atoms with van der Waals surface area (Å²) in [6, 6.07) is 7.10. The van der Waals surface area contributed by atoms with Gasteiger partial charge in [-0.05, 0) is 37.6 Å². The van der Waals surface area contributed by atoms with Crippen LogP contribution in [0.4, 0.5) is 5.69 Å². The van der Waals surface area contributed by atoms with Gasteiger partial charge in [-0.2, -0.15) is 0 Å². The first kappa shape index (κ1) is 17.9. The molecule has 0 aromatic heterocycles. The lowest BCUT2D eigenvalue weighted by Crippen LogP contribution is -2.40. The molecular formula is C15H27N3O2S. The minimum absolute atomic E-state index is 0.0777. The van der Waals surface area contributed by atoms with Crippen LogP contribution in [-0.2, 0) is 10.0 Å². The number of nitrogens with two attached hydrogens (primary N) is 1. The number of anilines is 1. The molecular weight excluding hydrogens is 286 g/mol. The van der Waals surface area contributed by atoms with Crippen molar-refractivity contribution in [2.75, 3.05) is 31.6 Å². The van der Waals surface area contributed by atoms with Crippen molar-refractivity contribution in [2.45, 2.75) is 32.1 Å². The van der Waals surface area contributed by atoms with E-state index in [1.165, 1.54) is 7.05 Å². The molecule has 0 radical (unpaired) electrons. The second-order valence-corrected chi connectivity index (χ2v) is 7.82.